The molecule has 2 unspecified atom stereocenters. The van der Waals surface area contributed by atoms with Gasteiger partial charge in [0.05, 0.1) is 6.04 Å². The van der Waals surface area contributed by atoms with Crippen LogP contribution in [0.5, 0.6) is 0 Å². The van der Waals surface area contributed by atoms with E-state index in [2.05, 4.69) is 0 Å². The van der Waals surface area contributed by atoms with Crippen molar-refractivity contribution in [1.82, 2.24) is 4.90 Å². The second-order valence-electron chi connectivity index (χ2n) is 5.22. The molecule has 2 atom stereocenters. The van der Waals surface area contributed by atoms with E-state index in [0.29, 0.717) is 5.56 Å². The maximum atomic E-state index is 12.0. The van der Waals surface area contributed by atoms with Crippen molar-refractivity contribution in [2.45, 2.75) is 26.3 Å². The molecule has 0 aliphatic carbocycles. The molecule has 1 aromatic carbocycles. The smallest absolute Gasteiger partial charge is 0.328 e. The molecule has 1 aliphatic rings. The number of carboxylic acid groups (broad SMARTS) is 1. The fourth-order valence-electron chi connectivity index (χ4n) is 2.45. The van der Waals surface area contributed by atoms with Gasteiger partial charge in [0.15, 0.2) is 0 Å². The first-order chi connectivity index (χ1) is 9.90. The van der Waals surface area contributed by atoms with Crippen molar-refractivity contribution in [2.75, 3.05) is 0 Å². The summed E-state index contributed by atoms with van der Waals surface area (Å²) < 4.78 is 0. The Morgan fingerprint density at radius 1 is 1.43 bits per heavy atom. The van der Waals surface area contributed by atoms with Gasteiger partial charge < -0.3 is 5.11 Å². The number of nitrogens with zero attached hydrogens (tertiary/aromatic N) is 1. The Morgan fingerprint density at radius 3 is 2.71 bits per heavy atom. The predicted octanol–water partition coefficient (Wildman–Crippen LogP) is 2.24. The van der Waals surface area contributed by atoms with Crippen molar-refractivity contribution in [2.24, 2.45) is 5.92 Å². The Bertz CT molecular complexity index is 620. The number of amides is 2. The number of hydrogen-bond acceptors (Lipinski definition) is 3. The SMILES string of the molecule is CC1CC(=O)N(C(C)c2cccc(C=CC(=O)O)c2)C1=O. The number of aliphatic carboxylic acids is 1. The summed E-state index contributed by atoms with van der Waals surface area (Å²) in [4.78, 5) is 35.8. The molecule has 2 amide bonds. The van der Waals surface area contributed by atoms with Gasteiger partial charge in [-0.15, -0.1) is 0 Å². The molecule has 1 saturated heterocycles. The normalized spacial score (nSPS) is 20.3. The Hall–Kier alpha value is -2.43. The summed E-state index contributed by atoms with van der Waals surface area (Å²) >= 11 is 0. The lowest BCUT2D eigenvalue weighted by Gasteiger charge is -2.23. The average molecular weight is 287 g/mol. The van der Waals surface area contributed by atoms with Crippen LogP contribution in [0, 0.1) is 5.92 Å². The van der Waals surface area contributed by atoms with Gasteiger partial charge >= 0.3 is 5.97 Å². The fourth-order valence-corrected chi connectivity index (χ4v) is 2.45. The van der Waals surface area contributed by atoms with Crippen LogP contribution in [0.1, 0.15) is 37.4 Å². The molecule has 0 spiro atoms. The zero-order valence-electron chi connectivity index (χ0n) is 11.9. The quantitative estimate of drug-likeness (QED) is 0.680. The maximum Gasteiger partial charge on any atom is 0.328 e. The van der Waals surface area contributed by atoms with E-state index in [1.165, 1.54) is 11.0 Å². The third-order valence-electron chi connectivity index (χ3n) is 3.61. The molecule has 1 fully saturated rings. The molecular weight excluding hydrogens is 270 g/mol. The first-order valence-corrected chi connectivity index (χ1v) is 6.77. The number of carbonyl (C=O) groups is 3. The van der Waals surface area contributed by atoms with Gasteiger partial charge in [0.25, 0.3) is 0 Å². The Labute approximate surface area is 122 Å². The van der Waals surface area contributed by atoms with E-state index >= 15 is 0 Å². The number of likely N-dealkylation sites (tertiary alicyclic amines) is 1. The molecule has 1 heterocycles. The second kappa shape index (κ2) is 5.91. The van der Waals surface area contributed by atoms with Crippen LogP contribution in [0.4, 0.5) is 0 Å². The zero-order valence-corrected chi connectivity index (χ0v) is 11.9. The molecule has 21 heavy (non-hydrogen) atoms. The van der Waals surface area contributed by atoms with E-state index in [1.807, 2.05) is 6.07 Å². The van der Waals surface area contributed by atoms with Crippen molar-refractivity contribution in [1.29, 1.82) is 0 Å². The van der Waals surface area contributed by atoms with Crippen molar-refractivity contribution < 1.29 is 19.5 Å². The van der Waals surface area contributed by atoms with Gasteiger partial charge in [-0.2, -0.15) is 0 Å². The lowest BCUT2D eigenvalue weighted by Crippen LogP contribution is -2.33. The van der Waals surface area contributed by atoms with E-state index in [0.717, 1.165) is 11.6 Å². The molecule has 5 nitrogen and oxygen atoms in total. The number of hydrogen-bond donors (Lipinski definition) is 1. The number of carbonyl (C=O) groups excluding carboxylic acids is 2. The van der Waals surface area contributed by atoms with Gasteiger partial charge in [-0.1, -0.05) is 25.1 Å². The van der Waals surface area contributed by atoms with E-state index in [-0.39, 0.29) is 30.2 Å². The highest BCUT2D eigenvalue weighted by Gasteiger charge is 2.38. The van der Waals surface area contributed by atoms with Crippen LogP contribution in [0.3, 0.4) is 0 Å². The molecule has 0 bridgehead atoms. The minimum Gasteiger partial charge on any atom is -0.478 e. The van der Waals surface area contributed by atoms with E-state index in [1.54, 1.807) is 32.0 Å². The van der Waals surface area contributed by atoms with Crippen LogP contribution >= 0.6 is 0 Å². The molecule has 0 radical (unpaired) electrons. The van der Waals surface area contributed by atoms with Crippen molar-refractivity contribution in [3.05, 3.63) is 41.5 Å². The summed E-state index contributed by atoms with van der Waals surface area (Å²) in [6.45, 7) is 3.55. The van der Waals surface area contributed by atoms with E-state index in [9.17, 15) is 14.4 Å². The van der Waals surface area contributed by atoms with Crippen molar-refractivity contribution in [3.63, 3.8) is 0 Å². The highest BCUT2D eigenvalue weighted by Crippen LogP contribution is 2.29. The Morgan fingerprint density at radius 2 is 2.14 bits per heavy atom. The molecule has 0 aromatic heterocycles. The standard InChI is InChI=1S/C16H17NO4/c1-10-8-14(18)17(16(10)21)11(2)13-5-3-4-12(9-13)6-7-15(19)20/h3-7,9-11H,8H2,1-2H3,(H,19,20). The van der Waals surface area contributed by atoms with Crippen LogP contribution in [-0.2, 0) is 14.4 Å². The molecule has 1 aromatic rings. The molecular formula is C16H17NO4. The van der Waals surface area contributed by atoms with Crippen LogP contribution in [0.2, 0.25) is 0 Å². The third-order valence-corrected chi connectivity index (χ3v) is 3.61. The average Bonchev–Trinajstić information content (AvgIpc) is 2.69. The van der Waals surface area contributed by atoms with E-state index in [4.69, 9.17) is 5.11 Å². The molecule has 0 saturated carbocycles. The summed E-state index contributed by atoms with van der Waals surface area (Å²) in [5.41, 5.74) is 1.52. The number of carboxylic acids is 1. The van der Waals surface area contributed by atoms with Gasteiger partial charge in [-0.05, 0) is 30.2 Å². The monoisotopic (exact) mass is 287 g/mol. The van der Waals surface area contributed by atoms with Crippen LogP contribution in [0.15, 0.2) is 30.3 Å². The van der Waals surface area contributed by atoms with Crippen molar-refractivity contribution in [3.8, 4) is 0 Å². The van der Waals surface area contributed by atoms with Crippen LogP contribution in [0.25, 0.3) is 6.08 Å². The van der Waals surface area contributed by atoms with E-state index < -0.39 is 5.97 Å². The van der Waals surface area contributed by atoms with Gasteiger partial charge in [-0.3, -0.25) is 14.5 Å². The van der Waals surface area contributed by atoms with Gasteiger partial charge in [0, 0.05) is 18.4 Å². The summed E-state index contributed by atoms with van der Waals surface area (Å²) in [5.74, 6) is -1.60. The summed E-state index contributed by atoms with van der Waals surface area (Å²) in [7, 11) is 0. The first kappa shape index (κ1) is 15.0. The zero-order chi connectivity index (χ0) is 15.6. The van der Waals surface area contributed by atoms with Gasteiger partial charge in [0.2, 0.25) is 11.8 Å². The van der Waals surface area contributed by atoms with Crippen LogP contribution in [-0.4, -0.2) is 27.8 Å². The second-order valence-corrected chi connectivity index (χ2v) is 5.22. The topological polar surface area (TPSA) is 74.7 Å². The fraction of sp³-hybridized carbons (Fsp3) is 0.312. The molecule has 2 rings (SSSR count). The molecule has 1 N–H and O–H groups in total. The number of imide groups is 1. The molecule has 1 aliphatic heterocycles. The minimum atomic E-state index is -1.02. The minimum absolute atomic E-state index is 0.154. The lowest BCUT2D eigenvalue weighted by atomic mass is 10.0. The van der Waals surface area contributed by atoms with Crippen molar-refractivity contribution >= 4 is 23.9 Å². The third kappa shape index (κ3) is 3.18. The summed E-state index contributed by atoms with van der Waals surface area (Å²) in [6, 6.07) is 6.81. The number of benzene rings is 1. The summed E-state index contributed by atoms with van der Waals surface area (Å²) in [5, 5.41) is 8.64. The highest BCUT2D eigenvalue weighted by atomic mass is 16.4. The Balaban J connectivity index is 2.25. The lowest BCUT2D eigenvalue weighted by molar-refractivity contribution is -0.141. The maximum absolute atomic E-state index is 12.0. The summed E-state index contributed by atoms with van der Waals surface area (Å²) in [6.07, 6.45) is 2.79. The van der Waals surface area contributed by atoms with Gasteiger partial charge in [-0.25, -0.2) is 4.79 Å². The molecule has 110 valence electrons. The largest absolute Gasteiger partial charge is 0.478 e. The highest BCUT2D eigenvalue weighted by molar-refractivity contribution is 6.03. The predicted molar refractivity (Wildman–Crippen MR) is 77.2 cm³/mol. The number of rotatable bonds is 4. The van der Waals surface area contributed by atoms with Crippen LogP contribution < -0.4 is 0 Å². The Kier molecular flexibility index (Phi) is 4.21. The van der Waals surface area contributed by atoms with Gasteiger partial charge in [0.1, 0.15) is 0 Å². The molecule has 5 heteroatoms. The first-order valence-electron chi connectivity index (χ1n) is 6.77.